The van der Waals surface area contributed by atoms with Crippen LogP contribution in [0.4, 0.5) is 0 Å². The highest BCUT2D eigenvalue weighted by atomic mass is 16.5. The van der Waals surface area contributed by atoms with Gasteiger partial charge in [0.15, 0.2) is 0 Å². The van der Waals surface area contributed by atoms with Gasteiger partial charge in [0.2, 0.25) is 0 Å². The van der Waals surface area contributed by atoms with Gasteiger partial charge < -0.3 is 9.47 Å². The second-order valence-corrected chi connectivity index (χ2v) is 10.4. The van der Waals surface area contributed by atoms with Gasteiger partial charge >= 0.3 is 11.9 Å². The zero-order valence-electron chi connectivity index (χ0n) is 24.5. The molecule has 4 nitrogen and oxygen atoms in total. The lowest BCUT2D eigenvalue weighted by Gasteiger charge is -2.24. The molecule has 0 aliphatic heterocycles. The molecule has 0 heterocycles. The SMILES string of the molecule is CC(=O)Oc1ccc(-c2cc(-c3ccccc3)c(-c3ccc(OC(C)=O)cc3)c(-c3ccccc3)c2-c2ccccc2)cc1. The van der Waals surface area contributed by atoms with Crippen molar-refractivity contribution >= 4 is 11.9 Å². The standard InChI is InChI=1S/C40H30O4/c1-27(41)43-34-22-18-30(19-23-34)37-26-36(29-12-6-3-7-13-29)39(33-20-24-35(25-21-33)44-28(2)42)40(32-16-10-5-11-17-32)38(37)31-14-8-4-9-15-31/h3-26H,1-2H3. The molecular weight excluding hydrogens is 544 g/mol. The summed E-state index contributed by atoms with van der Waals surface area (Å²) in [6.45, 7) is 2.80. The van der Waals surface area contributed by atoms with Crippen LogP contribution >= 0.6 is 0 Å². The maximum Gasteiger partial charge on any atom is 0.308 e. The third kappa shape index (κ3) is 6.06. The molecule has 0 aromatic heterocycles. The van der Waals surface area contributed by atoms with Gasteiger partial charge in [-0.05, 0) is 86.0 Å². The minimum Gasteiger partial charge on any atom is -0.427 e. The lowest BCUT2D eigenvalue weighted by molar-refractivity contribution is -0.132. The largest absolute Gasteiger partial charge is 0.427 e. The minimum atomic E-state index is -0.358. The van der Waals surface area contributed by atoms with E-state index in [2.05, 4.69) is 66.7 Å². The highest BCUT2D eigenvalue weighted by Crippen LogP contribution is 2.50. The van der Waals surface area contributed by atoms with Gasteiger partial charge in [0.1, 0.15) is 11.5 Å². The van der Waals surface area contributed by atoms with Crippen molar-refractivity contribution in [1.82, 2.24) is 0 Å². The van der Waals surface area contributed by atoms with Crippen LogP contribution in [-0.2, 0) is 9.59 Å². The van der Waals surface area contributed by atoms with Crippen LogP contribution in [0.5, 0.6) is 11.5 Å². The molecule has 0 saturated carbocycles. The molecule has 44 heavy (non-hydrogen) atoms. The van der Waals surface area contributed by atoms with Crippen molar-refractivity contribution in [1.29, 1.82) is 0 Å². The molecule has 0 N–H and O–H groups in total. The normalized spacial score (nSPS) is 10.7. The third-order valence-electron chi connectivity index (χ3n) is 7.37. The molecular formula is C40H30O4. The Morgan fingerprint density at radius 3 is 1.11 bits per heavy atom. The molecule has 6 rings (SSSR count). The number of hydrogen-bond donors (Lipinski definition) is 0. The van der Waals surface area contributed by atoms with E-state index in [0.717, 1.165) is 55.6 Å². The molecule has 0 aliphatic carbocycles. The summed E-state index contributed by atoms with van der Waals surface area (Å²) in [6.07, 6.45) is 0. The van der Waals surface area contributed by atoms with Gasteiger partial charge in [-0.15, -0.1) is 0 Å². The first-order valence-electron chi connectivity index (χ1n) is 14.4. The molecule has 0 bridgehead atoms. The molecule has 6 aromatic carbocycles. The van der Waals surface area contributed by atoms with Crippen LogP contribution in [0.1, 0.15) is 13.8 Å². The van der Waals surface area contributed by atoms with E-state index in [9.17, 15) is 9.59 Å². The van der Waals surface area contributed by atoms with E-state index in [1.165, 1.54) is 13.8 Å². The number of rotatable bonds is 7. The van der Waals surface area contributed by atoms with E-state index >= 15 is 0 Å². The average Bonchev–Trinajstić information content (AvgIpc) is 3.05. The van der Waals surface area contributed by atoms with Gasteiger partial charge in [-0.2, -0.15) is 0 Å². The fourth-order valence-electron chi connectivity index (χ4n) is 5.58. The lowest BCUT2D eigenvalue weighted by atomic mass is 9.79. The van der Waals surface area contributed by atoms with Crippen LogP contribution in [-0.4, -0.2) is 11.9 Å². The van der Waals surface area contributed by atoms with Gasteiger partial charge in [-0.25, -0.2) is 0 Å². The summed E-state index contributed by atoms with van der Waals surface area (Å²) in [7, 11) is 0. The van der Waals surface area contributed by atoms with Crippen LogP contribution in [0.15, 0.2) is 146 Å². The van der Waals surface area contributed by atoms with Gasteiger partial charge in [-0.1, -0.05) is 115 Å². The molecule has 0 atom stereocenters. The first-order chi connectivity index (χ1) is 21.5. The lowest BCUT2D eigenvalue weighted by Crippen LogP contribution is -2.02. The summed E-state index contributed by atoms with van der Waals surface area (Å²) < 4.78 is 10.7. The van der Waals surface area contributed by atoms with E-state index in [1.54, 1.807) is 0 Å². The first kappa shape index (κ1) is 28.4. The second kappa shape index (κ2) is 12.6. The van der Waals surface area contributed by atoms with Crippen LogP contribution in [0.3, 0.4) is 0 Å². The van der Waals surface area contributed by atoms with Crippen molar-refractivity contribution < 1.29 is 19.1 Å². The summed E-state index contributed by atoms with van der Waals surface area (Å²) >= 11 is 0. The number of benzene rings is 6. The first-order valence-corrected chi connectivity index (χ1v) is 14.4. The van der Waals surface area contributed by atoms with Crippen molar-refractivity contribution in [2.24, 2.45) is 0 Å². The van der Waals surface area contributed by atoms with Crippen LogP contribution in [0, 0.1) is 0 Å². The highest BCUT2D eigenvalue weighted by Gasteiger charge is 2.23. The zero-order valence-corrected chi connectivity index (χ0v) is 24.5. The number of esters is 2. The molecule has 0 radical (unpaired) electrons. The molecule has 0 fully saturated rings. The quantitative estimate of drug-likeness (QED) is 0.141. The van der Waals surface area contributed by atoms with Crippen molar-refractivity contribution in [3.05, 3.63) is 146 Å². The molecule has 0 spiro atoms. The smallest absolute Gasteiger partial charge is 0.308 e. The molecule has 214 valence electrons. The third-order valence-corrected chi connectivity index (χ3v) is 7.37. The molecule has 0 aliphatic rings. The predicted octanol–water partition coefficient (Wildman–Crippen LogP) is 9.87. The Hall–Kier alpha value is -5.74. The summed E-state index contributed by atoms with van der Waals surface area (Å²) in [5, 5.41) is 0. The Balaban J connectivity index is 1.73. The summed E-state index contributed by atoms with van der Waals surface area (Å²) in [5.41, 5.74) is 10.5. The van der Waals surface area contributed by atoms with Crippen molar-refractivity contribution in [2.45, 2.75) is 13.8 Å². The van der Waals surface area contributed by atoms with E-state index in [4.69, 9.17) is 9.47 Å². The van der Waals surface area contributed by atoms with E-state index in [1.807, 2.05) is 78.9 Å². The Morgan fingerprint density at radius 1 is 0.386 bits per heavy atom. The highest BCUT2D eigenvalue weighted by molar-refractivity contribution is 6.07. The van der Waals surface area contributed by atoms with Crippen LogP contribution in [0.2, 0.25) is 0 Å². The number of carbonyl (C=O) groups is 2. The molecule has 6 aromatic rings. The maximum atomic E-state index is 11.6. The molecule has 0 amide bonds. The summed E-state index contributed by atoms with van der Waals surface area (Å²) in [6, 6.07) is 48.8. The van der Waals surface area contributed by atoms with Crippen LogP contribution in [0.25, 0.3) is 55.6 Å². The fraction of sp³-hybridized carbons (Fsp3) is 0.0500. The molecule has 0 unspecified atom stereocenters. The Bertz CT molecular complexity index is 1910. The maximum absolute atomic E-state index is 11.6. The Morgan fingerprint density at radius 2 is 0.705 bits per heavy atom. The summed E-state index contributed by atoms with van der Waals surface area (Å²) in [4.78, 5) is 23.3. The predicted molar refractivity (Wildman–Crippen MR) is 176 cm³/mol. The van der Waals surface area contributed by atoms with Gasteiger partial charge in [0.05, 0.1) is 0 Å². The van der Waals surface area contributed by atoms with Crippen molar-refractivity contribution in [3.8, 4) is 67.1 Å². The van der Waals surface area contributed by atoms with Crippen molar-refractivity contribution in [3.63, 3.8) is 0 Å². The average molecular weight is 575 g/mol. The minimum absolute atomic E-state index is 0.357. The zero-order chi connectivity index (χ0) is 30.5. The van der Waals surface area contributed by atoms with E-state index in [-0.39, 0.29) is 11.9 Å². The Kier molecular flexibility index (Phi) is 8.15. The number of carbonyl (C=O) groups excluding carboxylic acids is 2. The summed E-state index contributed by atoms with van der Waals surface area (Å²) in [5.74, 6) is 0.280. The topological polar surface area (TPSA) is 52.6 Å². The van der Waals surface area contributed by atoms with Crippen molar-refractivity contribution in [2.75, 3.05) is 0 Å². The van der Waals surface area contributed by atoms with Gasteiger partial charge in [-0.3, -0.25) is 9.59 Å². The van der Waals surface area contributed by atoms with Gasteiger partial charge in [0, 0.05) is 13.8 Å². The number of ether oxygens (including phenoxy) is 2. The second-order valence-electron chi connectivity index (χ2n) is 10.4. The molecule has 4 heteroatoms. The molecule has 0 saturated heterocycles. The number of hydrogen-bond acceptors (Lipinski definition) is 4. The van der Waals surface area contributed by atoms with E-state index < -0.39 is 0 Å². The van der Waals surface area contributed by atoms with Crippen LogP contribution < -0.4 is 9.47 Å². The monoisotopic (exact) mass is 574 g/mol. The fourth-order valence-corrected chi connectivity index (χ4v) is 5.58. The van der Waals surface area contributed by atoms with E-state index in [0.29, 0.717) is 11.5 Å². The van der Waals surface area contributed by atoms with Gasteiger partial charge in [0.25, 0.3) is 0 Å². The Labute approximate surface area is 257 Å².